The van der Waals surface area contributed by atoms with E-state index in [9.17, 15) is 4.79 Å². The molecule has 6 heteroatoms. The number of carbonyl (C=O) groups excluding carboxylic acids is 1. The van der Waals surface area contributed by atoms with E-state index < -0.39 is 5.54 Å². The van der Waals surface area contributed by atoms with Gasteiger partial charge in [-0.15, -0.1) is 11.8 Å². The van der Waals surface area contributed by atoms with Crippen molar-refractivity contribution in [2.45, 2.75) is 36.8 Å². The van der Waals surface area contributed by atoms with Crippen molar-refractivity contribution in [3.8, 4) is 0 Å². The van der Waals surface area contributed by atoms with Crippen LogP contribution in [0.25, 0.3) is 0 Å². The standard InChI is InChI=1S/C13H19BrN2O2S/c1-13(15,12(17)18-2)7-3-4-9-19-11-10(14)6-5-8-16-11/h5-6,8H,3-4,7,9,15H2,1-2H3. The number of hydrogen-bond acceptors (Lipinski definition) is 5. The minimum Gasteiger partial charge on any atom is -0.468 e. The molecule has 1 heterocycles. The highest BCUT2D eigenvalue weighted by Crippen LogP contribution is 2.25. The van der Waals surface area contributed by atoms with Crippen LogP contribution in [-0.2, 0) is 9.53 Å². The first kappa shape index (κ1) is 16.5. The zero-order valence-corrected chi connectivity index (χ0v) is 13.6. The summed E-state index contributed by atoms with van der Waals surface area (Å²) in [5, 5.41) is 0.992. The molecule has 0 saturated heterocycles. The van der Waals surface area contributed by atoms with Crippen LogP contribution < -0.4 is 5.73 Å². The Hall–Kier alpha value is -0.590. The van der Waals surface area contributed by atoms with Gasteiger partial charge in [-0.05, 0) is 53.6 Å². The monoisotopic (exact) mass is 346 g/mol. The van der Waals surface area contributed by atoms with Gasteiger partial charge in [-0.3, -0.25) is 4.79 Å². The van der Waals surface area contributed by atoms with Gasteiger partial charge in [0, 0.05) is 10.7 Å². The molecule has 2 N–H and O–H groups in total. The third kappa shape index (κ3) is 5.50. The van der Waals surface area contributed by atoms with Gasteiger partial charge in [-0.1, -0.05) is 6.42 Å². The van der Waals surface area contributed by atoms with Crippen LogP contribution in [0, 0.1) is 0 Å². The van der Waals surface area contributed by atoms with Crippen molar-refractivity contribution < 1.29 is 9.53 Å². The summed E-state index contributed by atoms with van der Waals surface area (Å²) in [6.45, 7) is 1.71. The molecule has 0 fully saturated rings. The van der Waals surface area contributed by atoms with E-state index in [1.807, 2.05) is 12.1 Å². The van der Waals surface area contributed by atoms with Gasteiger partial charge < -0.3 is 10.5 Å². The van der Waals surface area contributed by atoms with Crippen molar-refractivity contribution in [1.29, 1.82) is 0 Å². The zero-order chi connectivity index (χ0) is 14.3. The number of methoxy groups -OCH3 is 1. The topological polar surface area (TPSA) is 65.2 Å². The fourth-order valence-electron chi connectivity index (χ4n) is 1.58. The second-order valence-corrected chi connectivity index (χ2v) is 6.44. The Morgan fingerprint density at radius 2 is 2.32 bits per heavy atom. The Balaban J connectivity index is 2.25. The van der Waals surface area contributed by atoms with E-state index in [-0.39, 0.29) is 5.97 Å². The van der Waals surface area contributed by atoms with Gasteiger partial charge in [-0.2, -0.15) is 0 Å². The van der Waals surface area contributed by atoms with Crippen LogP contribution in [0.15, 0.2) is 27.8 Å². The van der Waals surface area contributed by atoms with E-state index in [0.29, 0.717) is 6.42 Å². The molecule has 4 nitrogen and oxygen atoms in total. The highest BCUT2D eigenvalue weighted by Gasteiger charge is 2.28. The van der Waals surface area contributed by atoms with E-state index in [1.165, 1.54) is 7.11 Å². The van der Waals surface area contributed by atoms with Gasteiger partial charge in [0.05, 0.1) is 7.11 Å². The fraction of sp³-hybridized carbons (Fsp3) is 0.538. The van der Waals surface area contributed by atoms with E-state index in [0.717, 1.165) is 28.1 Å². The molecule has 0 radical (unpaired) electrons. The predicted octanol–water partition coefficient (Wildman–Crippen LogP) is 3.00. The molecule has 0 saturated carbocycles. The first-order valence-corrected chi connectivity index (χ1v) is 7.86. The van der Waals surface area contributed by atoms with Crippen molar-refractivity contribution in [1.82, 2.24) is 4.98 Å². The molecule has 0 bridgehead atoms. The molecule has 0 aliphatic heterocycles. The number of hydrogen-bond donors (Lipinski definition) is 1. The molecule has 1 atom stereocenters. The average Bonchev–Trinajstić information content (AvgIpc) is 2.39. The number of ether oxygens (including phenoxy) is 1. The lowest BCUT2D eigenvalue weighted by molar-refractivity contribution is -0.146. The van der Waals surface area contributed by atoms with Crippen LogP contribution >= 0.6 is 27.7 Å². The van der Waals surface area contributed by atoms with Gasteiger partial charge >= 0.3 is 5.97 Å². The summed E-state index contributed by atoms with van der Waals surface area (Å²) < 4.78 is 5.68. The summed E-state index contributed by atoms with van der Waals surface area (Å²) in [5.41, 5.74) is 5.00. The second kappa shape index (κ2) is 7.87. The molecular formula is C13H19BrN2O2S. The highest BCUT2D eigenvalue weighted by atomic mass is 79.9. The Morgan fingerprint density at radius 1 is 1.58 bits per heavy atom. The van der Waals surface area contributed by atoms with Gasteiger partial charge in [0.1, 0.15) is 10.6 Å². The Morgan fingerprint density at radius 3 is 2.95 bits per heavy atom. The molecule has 1 unspecified atom stereocenters. The van der Waals surface area contributed by atoms with Crippen LogP contribution in [0.1, 0.15) is 26.2 Å². The van der Waals surface area contributed by atoms with E-state index >= 15 is 0 Å². The van der Waals surface area contributed by atoms with Gasteiger partial charge in [0.2, 0.25) is 0 Å². The summed E-state index contributed by atoms with van der Waals surface area (Å²) in [7, 11) is 1.36. The molecule has 0 spiro atoms. The molecule has 1 rings (SSSR count). The third-order valence-corrected chi connectivity index (χ3v) is 4.70. The fourth-order valence-corrected chi connectivity index (χ4v) is 3.06. The number of thioether (sulfide) groups is 1. The minimum absolute atomic E-state index is 0.354. The summed E-state index contributed by atoms with van der Waals surface area (Å²) in [6, 6.07) is 3.87. The van der Waals surface area contributed by atoms with Crippen LogP contribution in [0.5, 0.6) is 0 Å². The van der Waals surface area contributed by atoms with Crippen molar-refractivity contribution in [3.05, 3.63) is 22.8 Å². The molecule has 0 aromatic carbocycles. The molecule has 0 aliphatic rings. The molecule has 19 heavy (non-hydrogen) atoms. The maximum Gasteiger partial charge on any atom is 0.325 e. The van der Waals surface area contributed by atoms with Crippen LogP contribution in [0.2, 0.25) is 0 Å². The second-order valence-electron chi connectivity index (χ2n) is 4.50. The lowest BCUT2D eigenvalue weighted by atomic mass is 9.97. The maximum atomic E-state index is 11.4. The SMILES string of the molecule is COC(=O)C(C)(N)CCCCSc1ncccc1Br. The summed E-state index contributed by atoms with van der Waals surface area (Å²) >= 11 is 5.16. The Kier molecular flexibility index (Phi) is 6.82. The summed E-state index contributed by atoms with van der Waals surface area (Å²) in [6.07, 6.45) is 4.28. The Labute approximate surface area is 126 Å². The predicted molar refractivity (Wildman–Crippen MR) is 81.1 cm³/mol. The van der Waals surface area contributed by atoms with Crippen molar-refractivity contribution in [2.24, 2.45) is 5.73 Å². The molecule has 1 aromatic rings. The van der Waals surface area contributed by atoms with Crippen molar-refractivity contribution in [2.75, 3.05) is 12.9 Å². The smallest absolute Gasteiger partial charge is 0.325 e. The van der Waals surface area contributed by atoms with Crippen molar-refractivity contribution in [3.63, 3.8) is 0 Å². The number of carbonyl (C=O) groups is 1. The van der Waals surface area contributed by atoms with Crippen LogP contribution in [-0.4, -0.2) is 29.4 Å². The number of nitrogens with zero attached hydrogens (tertiary/aromatic N) is 1. The number of halogens is 1. The third-order valence-electron chi connectivity index (χ3n) is 2.71. The number of unbranched alkanes of at least 4 members (excludes halogenated alkanes) is 1. The summed E-state index contributed by atoms with van der Waals surface area (Å²) in [5.74, 6) is 0.597. The number of rotatable bonds is 7. The lowest BCUT2D eigenvalue weighted by Crippen LogP contribution is -2.45. The number of pyridine rings is 1. The minimum atomic E-state index is -0.884. The lowest BCUT2D eigenvalue weighted by Gasteiger charge is -2.20. The average molecular weight is 347 g/mol. The largest absolute Gasteiger partial charge is 0.468 e. The maximum absolute atomic E-state index is 11.4. The van der Waals surface area contributed by atoms with Gasteiger partial charge in [0.25, 0.3) is 0 Å². The number of aromatic nitrogens is 1. The molecule has 0 amide bonds. The van der Waals surface area contributed by atoms with E-state index in [2.05, 4.69) is 25.7 Å². The van der Waals surface area contributed by atoms with Gasteiger partial charge in [-0.25, -0.2) is 4.98 Å². The highest BCUT2D eigenvalue weighted by molar-refractivity contribution is 9.10. The molecule has 0 aliphatic carbocycles. The Bertz CT molecular complexity index is 427. The number of esters is 1. The molecular weight excluding hydrogens is 328 g/mol. The van der Waals surface area contributed by atoms with E-state index in [4.69, 9.17) is 5.73 Å². The zero-order valence-electron chi connectivity index (χ0n) is 11.2. The van der Waals surface area contributed by atoms with Crippen LogP contribution in [0.4, 0.5) is 0 Å². The molecule has 106 valence electrons. The van der Waals surface area contributed by atoms with E-state index in [1.54, 1.807) is 24.9 Å². The first-order chi connectivity index (χ1) is 8.97. The van der Waals surface area contributed by atoms with Crippen molar-refractivity contribution >= 4 is 33.7 Å². The first-order valence-electron chi connectivity index (χ1n) is 6.08. The number of nitrogens with two attached hydrogens (primary N) is 1. The quantitative estimate of drug-likeness (QED) is 0.467. The molecule has 1 aromatic heterocycles. The summed E-state index contributed by atoms with van der Waals surface area (Å²) in [4.78, 5) is 15.7. The normalized spacial score (nSPS) is 13.9. The van der Waals surface area contributed by atoms with Crippen LogP contribution in [0.3, 0.4) is 0 Å². The van der Waals surface area contributed by atoms with Gasteiger partial charge in [0.15, 0.2) is 0 Å².